The Bertz CT molecular complexity index is 666. The molecular weight excluding hydrogens is 264 g/mol. The lowest BCUT2D eigenvalue weighted by molar-refractivity contribution is 0.0527. The second kappa shape index (κ2) is 6.31. The van der Waals surface area contributed by atoms with Crippen molar-refractivity contribution in [2.24, 2.45) is 0 Å². The molecule has 0 amide bonds. The van der Waals surface area contributed by atoms with Crippen LogP contribution in [-0.4, -0.2) is 12.6 Å². The number of rotatable bonds is 4. The van der Waals surface area contributed by atoms with E-state index in [1.165, 1.54) is 11.1 Å². The van der Waals surface area contributed by atoms with E-state index in [1.807, 2.05) is 18.2 Å². The Kier molecular flexibility index (Phi) is 4.48. The lowest BCUT2D eigenvalue weighted by Gasteiger charge is -2.13. The molecule has 0 radical (unpaired) electrons. The zero-order chi connectivity index (χ0) is 15.4. The molecule has 2 aromatic rings. The maximum atomic E-state index is 11.9. The van der Waals surface area contributed by atoms with E-state index < -0.39 is 5.97 Å². The highest BCUT2D eigenvalue weighted by Crippen LogP contribution is 2.25. The van der Waals surface area contributed by atoms with Crippen molar-refractivity contribution in [3.8, 4) is 0 Å². The first-order valence-corrected chi connectivity index (χ1v) is 6.92. The third-order valence-corrected chi connectivity index (χ3v) is 3.43. The second-order valence-corrected chi connectivity index (χ2v) is 4.89. The summed E-state index contributed by atoms with van der Waals surface area (Å²) in [4.78, 5) is 11.9. The van der Waals surface area contributed by atoms with Gasteiger partial charge < -0.3 is 15.8 Å². The van der Waals surface area contributed by atoms with Gasteiger partial charge in [-0.15, -0.1) is 0 Å². The molecule has 2 aromatic carbocycles. The molecule has 3 N–H and O–H groups in total. The van der Waals surface area contributed by atoms with Gasteiger partial charge in [0, 0.05) is 17.1 Å². The summed E-state index contributed by atoms with van der Waals surface area (Å²) in [5, 5.41) is 3.31. The van der Waals surface area contributed by atoms with Gasteiger partial charge >= 0.3 is 5.97 Å². The highest BCUT2D eigenvalue weighted by molar-refractivity contribution is 5.96. The van der Waals surface area contributed by atoms with Gasteiger partial charge in [0.25, 0.3) is 0 Å². The Morgan fingerprint density at radius 1 is 1.24 bits per heavy atom. The van der Waals surface area contributed by atoms with Crippen LogP contribution in [0, 0.1) is 13.8 Å². The van der Waals surface area contributed by atoms with Crippen LogP contribution in [0.5, 0.6) is 0 Å². The summed E-state index contributed by atoms with van der Waals surface area (Å²) in [5.74, 6) is -0.403. The van der Waals surface area contributed by atoms with Crippen LogP contribution in [0.1, 0.15) is 28.4 Å². The number of nitrogen functional groups attached to an aromatic ring is 1. The molecule has 0 bridgehead atoms. The molecule has 0 saturated carbocycles. The van der Waals surface area contributed by atoms with Crippen LogP contribution in [0.2, 0.25) is 0 Å². The lowest BCUT2D eigenvalue weighted by atomic mass is 10.1. The van der Waals surface area contributed by atoms with Gasteiger partial charge in [-0.05, 0) is 56.2 Å². The molecule has 2 rings (SSSR count). The number of hydrogen-bond acceptors (Lipinski definition) is 4. The third-order valence-electron chi connectivity index (χ3n) is 3.43. The maximum absolute atomic E-state index is 11.9. The van der Waals surface area contributed by atoms with Gasteiger partial charge in [-0.25, -0.2) is 4.79 Å². The monoisotopic (exact) mass is 284 g/mol. The molecule has 0 saturated heterocycles. The minimum atomic E-state index is -0.403. The Morgan fingerprint density at radius 3 is 2.71 bits per heavy atom. The fourth-order valence-corrected chi connectivity index (χ4v) is 2.06. The maximum Gasteiger partial charge on any atom is 0.340 e. The zero-order valence-corrected chi connectivity index (χ0v) is 12.6. The van der Waals surface area contributed by atoms with Crippen molar-refractivity contribution in [2.75, 3.05) is 17.7 Å². The molecule has 0 aliphatic rings. The summed E-state index contributed by atoms with van der Waals surface area (Å²) in [6.07, 6.45) is 0. The largest absolute Gasteiger partial charge is 0.462 e. The van der Waals surface area contributed by atoms with E-state index in [0.717, 1.165) is 11.4 Å². The third kappa shape index (κ3) is 3.34. The topological polar surface area (TPSA) is 64.3 Å². The number of nitrogens with two attached hydrogens (primary N) is 1. The van der Waals surface area contributed by atoms with Gasteiger partial charge in [0.05, 0.1) is 12.2 Å². The molecule has 4 nitrogen and oxygen atoms in total. The molecule has 0 aliphatic carbocycles. The van der Waals surface area contributed by atoms with Crippen molar-refractivity contribution >= 4 is 23.0 Å². The van der Waals surface area contributed by atoms with Crippen LogP contribution < -0.4 is 11.1 Å². The van der Waals surface area contributed by atoms with Crippen molar-refractivity contribution in [2.45, 2.75) is 20.8 Å². The van der Waals surface area contributed by atoms with Crippen LogP contribution >= 0.6 is 0 Å². The minimum Gasteiger partial charge on any atom is -0.462 e. The number of nitrogens with one attached hydrogen (secondary N) is 1. The highest BCUT2D eigenvalue weighted by atomic mass is 16.5. The van der Waals surface area contributed by atoms with Crippen LogP contribution in [-0.2, 0) is 4.74 Å². The molecule has 0 fully saturated rings. The molecule has 4 heteroatoms. The average molecular weight is 284 g/mol. The summed E-state index contributed by atoms with van der Waals surface area (Å²) >= 11 is 0. The van der Waals surface area contributed by atoms with Crippen molar-refractivity contribution in [3.05, 3.63) is 53.1 Å². The van der Waals surface area contributed by atoms with Crippen LogP contribution in [0.25, 0.3) is 0 Å². The average Bonchev–Trinajstić information content (AvgIpc) is 2.46. The first-order valence-electron chi connectivity index (χ1n) is 6.92. The number of benzene rings is 2. The van der Waals surface area contributed by atoms with E-state index in [2.05, 4.69) is 25.2 Å². The van der Waals surface area contributed by atoms with E-state index in [9.17, 15) is 4.79 Å². The molecule has 0 heterocycles. The van der Waals surface area contributed by atoms with E-state index in [-0.39, 0.29) is 0 Å². The molecule has 0 aromatic heterocycles. The Balaban J connectivity index is 2.31. The van der Waals surface area contributed by atoms with E-state index >= 15 is 0 Å². The van der Waals surface area contributed by atoms with Crippen molar-refractivity contribution in [3.63, 3.8) is 0 Å². The van der Waals surface area contributed by atoms with Gasteiger partial charge in [0.2, 0.25) is 0 Å². The van der Waals surface area contributed by atoms with E-state index in [4.69, 9.17) is 10.5 Å². The molecule has 110 valence electrons. The van der Waals surface area contributed by atoms with Gasteiger partial charge in [-0.3, -0.25) is 0 Å². The first kappa shape index (κ1) is 14.9. The Morgan fingerprint density at radius 2 is 2.00 bits per heavy atom. The second-order valence-electron chi connectivity index (χ2n) is 4.89. The standard InChI is InChI=1S/C17H20N2O2/c1-4-21-17(20)14-10-13(8-9-15(14)18)19-16-7-5-6-11(2)12(16)3/h5-10,19H,4,18H2,1-3H3. The van der Waals surface area contributed by atoms with E-state index in [1.54, 1.807) is 19.1 Å². The summed E-state index contributed by atoms with van der Waals surface area (Å²) in [7, 11) is 0. The molecule has 21 heavy (non-hydrogen) atoms. The number of hydrogen-bond donors (Lipinski definition) is 2. The van der Waals surface area contributed by atoms with Crippen molar-refractivity contribution < 1.29 is 9.53 Å². The SMILES string of the molecule is CCOC(=O)c1cc(Nc2cccc(C)c2C)ccc1N. The molecule has 0 unspecified atom stereocenters. The number of anilines is 3. The van der Waals surface area contributed by atoms with Crippen LogP contribution in [0.4, 0.5) is 17.1 Å². The van der Waals surface area contributed by atoms with Gasteiger partial charge in [-0.1, -0.05) is 12.1 Å². The Labute approximate surface area is 124 Å². The van der Waals surface area contributed by atoms with Crippen molar-refractivity contribution in [1.82, 2.24) is 0 Å². The van der Waals surface area contributed by atoms with Crippen LogP contribution in [0.3, 0.4) is 0 Å². The molecular formula is C17H20N2O2. The molecule has 0 spiro atoms. The Hall–Kier alpha value is -2.49. The zero-order valence-electron chi connectivity index (χ0n) is 12.6. The summed E-state index contributed by atoms with van der Waals surface area (Å²) in [5.41, 5.74) is 10.8. The molecule has 0 atom stereocenters. The van der Waals surface area contributed by atoms with E-state index in [0.29, 0.717) is 17.9 Å². The van der Waals surface area contributed by atoms with Gasteiger partial charge in [-0.2, -0.15) is 0 Å². The lowest BCUT2D eigenvalue weighted by Crippen LogP contribution is -2.08. The number of aryl methyl sites for hydroxylation is 1. The predicted octanol–water partition coefficient (Wildman–Crippen LogP) is 3.81. The quantitative estimate of drug-likeness (QED) is 0.662. The number of ether oxygens (including phenoxy) is 1. The highest BCUT2D eigenvalue weighted by Gasteiger charge is 2.12. The van der Waals surface area contributed by atoms with Crippen LogP contribution in [0.15, 0.2) is 36.4 Å². The fourth-order valence-electron chi connectivity index (χ4n) is 2.06. The normalized spacial score (nSPS) is 10.2. The van der Waals surface area contributed by atoms with Gasteiger partial charge in [0.15, 0.2) is 0 Å². The number of carbonyl (C=O) groups excluding carboxylic acids is 1. The fraction of sp³-hybridized carbons (Fsp3) is 0.235. The molecule has 0 aliphatic heterocycles. The summed E-state index contributed by atoms with van der Waals surface area (Å²) < 4.78 is 5.01. The summed E-state index contributed by atoms with van der Waals surface area (Å²) in [6, 6.07) is 11.3. The summed E-state index contributed by atoms with van der Waals surface area (Å²) in [6.45, 7) is 6.22. The smallest absolute Gasteiger partial charge is 0.340 e. The van der Waals surface area contributed by atoms with Gasteiger partial charge in [0.1, 0.15) is 0 Å². The van der Waals surface area contributed by atoms with Crippen molar-refractivity contribution in [1.29, 1.82) is 0 Å². The number of esters is 1. The first-order chi connectivity index (χ1) is 10.0. The number of carbonyl (C=O) groups is 1. The predicted molar refractivity (Wildman–Crippen MR) is 86.0 cm³/mol. The minimum absolute atomic E-state index is 0.326.